The molecule has 0 saturated carbocycles. The second-order valence-electron chi connectivity index (χ2n) is 2.44. The van der Waals surface area contributed by atoms with Gasteiger partial charge in [0.25, 0.3) is 0 Å². The van der Waals surface area contributed by atoms with Crippen molar-refractivity contribution in [1.29, 1.82) is 0 Å². The van der Waals surface area contributed by atoms with Crippen LogP contribution in [-0.4, -0.2) is 40.9 Å². The Labute approximate surface area is 101 Å². The van der Waals surface area contributed by atoms with Crippen molar-refractivity contribution < 1.29 is 13.0 Å². The van der Waals surface area contributed by atoms with Gasteiger partial charge in [-0.3, -0.25) is 11.7 Å². The van der Waals surface area contributed by atoms with Crippen LogP contribution in [0.2, 0.25) is 0 Å². The molecule has 0 heterocycles. The molecule has 7 heteroatoms. The molecule has 0 aliphatic heterocycles. The summed E-state index contributed by atoms with van der Waals surface area (Å²) in [5.41, 5.74) is 0.701. The number of hydrogen-bond acceptors (Lipinski definition) is 4. The number of hydrogen-bond donors (Lipinski definition) is 3. The average molecular weight is 226 g/mol. The van der Waals surface area contributed by atoms with Crippen LogP contribution in [0.25, 0.3) is 0 Å². The van der Waals surface area contributed by atoms with E-state index in [0.29, 0.717) is 5.56 Å². The van der Waals surface area contributed by atoms with E-state index in [2.05, 4.69) is 11.7 Å². The zero-order valence-corrected chi connectivity index (χ0v) is 10.7. The van der Waals surface area contributed by atoms with E-state index in [-0.39, 0.29) is 4.90 Å². The molecule has 0 bridgehead atoms. The summed E-state index contributed by atoms with van der Waals surface area (Å²) < 4.78 is 31.1. The molecule has 0 fully saturated rings. The van der Waals surface area contributed by atoms with E-state index in [1.165, 1.54) is 6.07 Å². The predicted molar refractivity (Wildman–Crippen MR) is 54.1 cm³/mol. The summed E-state index contributed by atoms with van der Waals surface area (Å²) in [7, 11) is -4.02. The van der Waals surface area contributed by atoms with Gasteiger partial charge in [-0.2, -0.15) is 0 Å². The zero-order chi connectivity index (χ0) is 11.2. The van der Waals surface area contributed by atoms with Crippen LogP contribution < -0.4 is 11.7 Å². The van der Waals surface area contributed by atoms with Crippen LogP contribution in [-0.2, 0) is 13.8 Å². The molecule has 0 spiro atoms. The van der Waals surface area contributed by atoms with Gasteiger partial charge in [-0.1, -0.05) is 0 Å². The molecule has 0 atom stereocenters. The number of benzene rings is 1. The van der Waals surface area contributed by atoms with E-state index >= 15 is 0 Å². The average Bonchev–Trinajstić information content (AvgIpc) is 2.19. The molecule has 1 aromatic rings. The monoisotopic (exact) mass is 226 g/mol. The van der Waals surface area contributed by atoms with Crippen molar-refractivity contribution >= 4 is 38.0 Å². The summed E-state index contributed by atoms with van der Waals surface area (Å²) in [4.78, 5) is 0.0417. The summed E-state index contributed by atoms with van der Waals surface area (Å²) in [6.07, 6.45) is 0. The summed E-state index contributed by atoms with van der Waals surface area (Å²) in [6.45, 7) is 0. The zero-order valence-electron chi connectivity index (χ0n) is 7.84. The van der Waals surface area contributed by atoms with E-state index < -0.39 is 10.1 Å². The SMILES string of the molecule is NN.O=S(=O)(O)c1ccccc1[CH2][Na]. The van der Waals surface area contributed by atoms with Gasteiger partial charge in [-0.05, 0) is 0 Å². The Morgan fingerprint density at radius 1 is 1.29 bits per heavy atom. The third kappa shape index (κ3) is 4.05. The second kappa shape index (κ2) is 6.52. The molecule has 74 valence electrons. The molecule has 14 heavy (non-hydrogen) atoms. The van der Waals surface area contributed by atoms with Crippen molar-refractivity contribution in [1.82, 2.24) is 0 Å². The Hall–Kier alpha value is 0.0500. The normalized spacial score (nSPS) is 10.4. The molecule has 0 saturated heterocycles. The minimum atomic E-state index is -4.02. The van der Waals surface area contributed by atoms with Crippen LogP contribution in [0.5, 0.6) is 0 Å². The molecule has 0 radical (unpaired) electrons. The van der Waals surface area contributed by atoms with Crippen LogP contribution in [0, 0.1) is 0 Å². The van der Waals surface area contributed by atoms with Gasteiger partial charge in [0, 0.05) is 0 Å². The van der Waals surface area contributed by atoms with Crippen molar-refractivity contribution in [2.24, 2.45) is 11.7 Å². The first kappa shape index (κ1) is 14.1. The fourth-order valence-corrected chi connectivity index (χ4v) is 2.71. The van der Waals surface area contributed by atoms with Gasteiger partial charge in [0.15, 0.2) is 0 Å². The Balaban J connectivity index is 0.000000791. The van der Waals surface area contributed by atoms with Crippen LogP contribution in [0.4, 0.5) is 0 Å². The third-order valence-corrected chi connectivity index (χ3v) is 3.35. The van der Waals surface area contributed by atoms with Crippen molar-refractivity contribution in [2.75, 3.05) is 0 Å². The summed E-state index contributed by atoms with van der Waals surface area (Å²) in [6, 6.07) is 6.50. The van der Waals surface area contributed by atoms with Crippen LogP contribution in [0.15, 0.2) is 29.2 Å². The van der Waals surface area contributed by atoms with E-state index in [9.17, 15) is 8.42 Å². The predicted octanol–water partition coefficient (Wildman–Crippen LogP) is -0.579. The number of hydrazine groups is 1. The molecule has 5 N–H and O–H groups in total. The Kier molecular flexibility index (Phi) is 6.54. The number of rotatable bonds is 2. The summed E-state index contributed by atoms with van der Waals surface area (Å²) in [5, 5.41) is 0. The van der Waals surface area contributed by atoms with E-state index in [1.54, 1.807) is 18.2 Å². The van der Waals surface area contributed by atoms with E-state index in [4.69, 9.17) is 4.55 Å². The molecule has 5 nitrogen and oxygen atoms in total. The fourth-order valence-electron chi connectivity index (χ4n) is 1.05. The molecular weight excluding hydrogens is 215 g/mol. The van der Waals surface area contributed by atoms with Crippen LogP contribution in [0.1, 0.15) is 5.56 Å². The van der Waals surface area contributed by atoms with Crippen molar-refractivity contribution in [3.05, 3.63) is 29.8 Å². The fraction of sp³-hybridized carbons (Fsp3) is 0.143. The van der Waals surface area contributed by atoms with Gasteiger partial charge in [0.2, 0.25) is 0 Å². The van der Waals surface area contributed by atoms with Gasteiger partial charge in [0.1, 0.15) is 0 Å². The topological polar surface area (TPSA) is 106 Å². The van der Waals surface area contributed by atoms with Gasteiger partial charge in [-0.25, -0.2) is 0 Å². The Morgan fingerprint density at radius 3 is 2.14 bits per heavy atom. The van der Waals surface area contributed by atoms with Gasteiger partial charge in [0.05, 0.1) is 0 Å². The first-order chi connectivity index (χ1) is 6.55. The second-order valence-corrected chi connectivity index (χ2v) is 4.53. The number of nitrogens with two attached hydrogens (primary N) is 2. The molecule has 0 aromatic heterocycles. The molecule has 0 aliphatic carbocycles. The van der Waals surface area contributed by atoms with E-state index in [1.807, 2.05) is 0 Å². The molecule has 0 aliphatic rings. The van der Waals surface area contributed by atoms with Crippen LogP contribution >= 0.6 is 0 Å². The van der Waals surface area contributed by atoms with Gasteiger partial charge >= 0.3 is 89.4 Å². The van der Waals surface area contributed by atoms with Crippen molar-refractivity contribution in [3.8, 4) is 0 Å². The third-order valence-electron chi connectivity index (χ3n) is 1.63. The Bertz CT molecular complexity index is 380. The Morgan fingerprint density at radius 2 is 1.79 bits per heavy atom. The quantitative estimate of drug-likeness (QED) is 0.271. The van der Waals surface area contributed by atoms with Gasteiger partial charge in [-0.15, -0.1) is 0 Å². The standard InChI is InChI=1S/C7H7O3S.H4N2.Na/c1-6-4-2-3-5-7(6)11(8,9)10;1-2;/h2-5H,1H2,(H,8,9,10);1-2H2;. The van der Waals surface area contributed by atoms with Crippen molar-refractivity contribution in [2.45, 2.75) is 8.57 Å². The maximum absolute atomic E-state index is 10.8. The molecule has 1 rings (SSSR count). The summed E-state index contributed by atoms with van der Waals surface area (Å²) in [5.74, 6) is 8.00. The molecule has 0 amide bonds. The maximum atomic E-state index is 10.8. The van der Waals surface area contributed by atoms with Crippen LogP contribution in [0.3, 0.4) is 0 Å². The van der Waals surface area contributed by atoms with Gasteiger partial charge < -0.3 is 0 Å². The molecular formula is C7H11N2NaO3S. The molecule has 1 aromatic carbocycles. The van der Waals surface area contributed by atoms with Crippen molar-refractivity contribution in [3.63, 3.8) is 0 Å². The summed E-state index contributed by atoms with van der Waals surface area (Å²) >= 11 is 0.883. The molecule has 0 unspecified atom stereocenters. The minimum absolute atomic E-state index is 0.0417. The first-order valence-electron chi connectivity index (χ1n) is 3.94. The van der Waals surface area contributed by atoms with E-state index in [0.717, 1.165) is 31.6 Å². The first-order valence-corrected chi connectivity index (χ1v) is 6.80.